The average Bonchev–Trinajstić information content (AvgIpc) is 2.84. The van der Waals surface area contributed by atoms with Crippen LogP contribution < -0.4 is 0 Å². The normalized spacial score (nSPS) is 10.8. The van der Waals surface area contributed by atoms with E-state index < -0.39 is 6.67 Å². The molecule has 80 valence electrons. The molecule has 0 aliphatic carbocycles. The maximum absolute atomic E-state index is 12.2. The average molecular weight is 245 g/mol. The maximum Gasteiger partial charge on any atom is 0.109 e. The third kappa shape index (κ3) is 2.21. The summed E-state index contributed by atoms with van der Waals surface area (Å²) >= 11 is 7.38. The fourth-order valence-corrected chi connectivity index (χ4v) is 2.28. The Morgan fingerprint density at radius 3 is 3.00 bits per heavy atom. The third-order valence-corrected chi connectivity index (χ3v) is 3.24. The smallest absolute Gasteiger partial charge is 0.109 e. The van der Waals surface area contributed by atoms with E-state index in [4.69, 9.17) is 11.6 Å². The largest absolute Gasteiger partial charge is 0.265 e. The molecule has 5 heteroatoms. The highest BCUT2D eigenvalue weighted by Crippen LogP contribution is 2.24. The van der Waals surface area contributed by atoms with Gasteiger partial charge in [-0.2, -0.15) is 5.10 Å². The second-order valence-corrected chi connectivity index (χ2v) is 4.26. The van der Waals surface area contributed by atoms with Gasteiger partial charge in [-0.1, -0.05) is 6.07 Å². The maximum atomic E-state index is 12.2. The van der Waals surface area contributed by atoms with Crippen LogP contribution in [0.5, 0.6) is 0 Å². The van der Waals surface area contributed by atoms with Crippen LogP contribution in [0.25, 0.3) is 10.6 Å². The molecule has 2 heterocycles. The molecule has 2 aromatic rings. The molecular formula is C10H10ClFN2S. The lowest BCUT2D eigenvalue weighted by Crippen LogP contribution is -2.04. The summed E-state index contributed by atoms with van der Waals surface area (Å²) in [7, 11) is 0. The van der Waals surface area contributed by atoms with Gasteiger partial charge in [0.1, 0.15) is 12.4 Å². The van der Waals surface area contributed by atoms with Crippen molar-refractivity contribution in [1.29, 1.82) is 0 Å². The fraction of sp³-hybridized carbons (Fsp3) is 0.300. The minimum atomic E-state index is -0.421. The molecule has 2 rings (SSSR count). The lowest BCUT2D eigenvalue weighted by atomic mass is 10.3. The minimum Gasteiger partial charge on any atom is -0.265 e. The van der Waals surface area contributed by atoms with Crippen LogP contribution in [0.4, 0.5) is 4.39 Å². The summed E-state index contributed by atoms with van der Waals surface area (Å²) in [6, 6.07) is 5.87. The first-order valence-corrected chi connectivity index (χ1v) is 5.99. The summed E-state index contributed by atoms with van der Waals surface area (Å²) in [5, 5.41) is 6.31. The fourth-order valence-electron chi connectivity index (χ4n) is 1.38. The summed E-state index contributed by atoms with van der Waals surface area (Å²) in [4.78, 5) is 1.08. The topological polar surface area (TPSA) is 17.8 Å². The van der Waals surface area contributed by atoms with E-state index in [0.29, 0.717) is 5.88 Å². The van der Waals surface area contributed by atoms with Crippen molar-refractivity contribution in [3.05, 3.63) is 29.3 Å². The summed E-state index contributed by atoms with van der Waals surface area (Å²) in [6.07, 6.45) is 0. The second kappa shape index (κ2) is 4.77. The zero-order valence-corrected chi connectivity index (χ0v) is 9.56. The van der Waals surface area contributed by atoms with E-state index in [2.05, 4.69) is 5.10 Å². The van der Waals surface area contributed by atoms with Crippen molar-refractivity contribution in [2.45, 2.75) is 12.4 Å². The Kier molecular flexibility index (Phi) is 3.38. The van der Waals surface area contributed by atoms with Crippen molar-refractivity contribution in [3.63, 3.8) is 0 Å². The summed E-state index contributed by atoms with van der Waals surface area (Å²) in [5.74, 6) is 0.359. The van der Waals surface area contributed by atoms with Crippen LogP contribution in [0.1, 0.15) is 5.69 Å². The number of nitrogens with zero attached hydrogens (tertiary/aromatic N) is 2. The van der Waals surface area contributed by atoms with E-state index in [0.717, 1.165) is 16.3 Å². The SMILES string of the molecule is FCCn1nc(-c2cccs2)cc1CCl. The van der Waals surface area contributed by atoms with Crippen LogP contribution in [0.2, 0.25) is 0 Å². The van der Waals surface area contributed by atoms with Crippen molar-refractivity contribution in [3.8, 4) is 10.6 Å². The zero-order valence-electron chi connectivity index (χ0n) is 7.99. The molecule has 15 heavy (non-hydrogen) atoms. The molecule has 0 fully saturated rings. The van der Waals surface area contributed by atoms with Gasteiger partial charge < -0.3 is 0 Å². The predicted molar refractivity (Wildman–Crippen MR) is 61.1 cm³/mol. The molecule has 0 aliphatic rings. The molecule has 0 spiro atoms. The van der Waals surface area contributed by atoms with Crippen molar-refractivity contribution in [2.24, 2.45) is 0 Å². The van der Waals surface area contributed by atoms with E-state index in [9.17, 15) is 4.39 Å². The minimum absolute atomic E-state index is 0.271. The van der Waals surface area contributed by atoms with Gasteiger partial charge in [-0.05, 0) is 17.5 Å². The van der Waals surface area contributed by atoms with Crippen molar-refractivity contribution in [1.82, 2.24) is 9.78 Å². The van der Waals surface area contributed by atoms with E-state index in [-0.39, 0.29) is 6.54 Å². The molecule has 2 aromatic heterocycles. The second-order valence-electron chi connectivity index (χ2n) is 3.04. The quantitative estimate of drug-likeness (QED) is 0.755. The standard InChI is InChI=1S/C10H10ClFN2S/c11-7-8-6-9(10-2-1-5-15-10)13-14(8)4-3-12/h1-2,5-6H,3-4,7H2. The number of rotatable bonds is 4. The van der Waals surface area contributed by atoms with Crippen molar-refractivity contribution < 1.29 is 4.39 Å². The zero-order chi connectivity index (χ0) is 10.7. The summed E-state index contributed by atoms with van der Waals surface area (Å²) in [5.41, 5.74) is 1.73. The Hall–Kier alpha value is -0.870. The highest BCUT2D eigenvalue weighted by atomic mass is 35.5. The van der Waals surface area contributed by atoms with Gasteiger partial charge in [0.2, 0.25) is 0 Å². The van der Waals surface area contributed by atoms with Gasteiger partial charge >= 0.3 is 0 Å². The monoisotopic (exact) mass is 244 g/mol. The van der Waals surface area contributed by atoms with Crippen LogP contribution >= 0.6 is 22.9 Å². The van der Waals surface area contributed by atoms with Gasteiger partial charge in [0.25, 0.3) is 0 Å². The number of alkyl halides is 2. The Balaban J connectivity index is 2.34. The summed E-state index contributed by atoms with van der Waals surface area (Å²) in [6.45, 7) is -0.150. The van der Waals surface area contributed by atoms with Gasteiger partial charge in [0.15, 0.2) is 0 Å². The van der Waals surface area contributed by atoms with Crippen LogP contribution in [0, 0.1) is 0 Å². The number of hydrogen-bond donors (Lipinski definition) is 0. The van der Waals surface area contributed by atoms with Crippen molar-refractivity contribution in [2.75, 3.05) is 6.67 Å². The van der Waals surface area contributed by atoms with E-state index in [1.54, 1.807) is 16.0 Å². The molecule has 0 bridgehead atoms. The van der Waals surface area contributed by atoms with Crippen molar-refractivity contribution >= 4 is 22.9 Å². The number of aromatic nitrogens is 2. The number of halogens is 2. The lowest BCUT2D eigenvalue weighted by Gasteiger charge is -1.99. The highest BCUT2D eigenvalue weighted by molar-refractivity contribution is 7.13. The molecule has 0 radical (unpaired) electrons. The first-order chi connectivity index (χ1) is 7.35. The molecule has 0 aliphatic heterocycles. The van der Waals surface area contributed by atoms with Gasteiger partial charge in [0.05, 0.1) is 23.0 Å². The van der Waals surface area contributed by atoms with Crippen LogP contribution in [-0.2, 0) is 12.4 Å². The molecule has 0 unspecified atom stereocenters. The molecule has 0 saturated heterocycles. The van der Waals surface area contributed by atoms with Gasteiger partial charge in [0, 0.05) is 0 Å². The molecule has 0 atom stereocenters. The van der Waals surface area contributed by atoms with E-state index in [1.165, 1.54) is 0 Å². The van der Waals surface area contributed by atoms with E-state index >= 15 is 0 Å². The Morgan fingerprint density at radius 2 is 2.40 bits per heavy atom. The molecule has 0 aromatic carbocycles. The summed E-state index contributed by atoms with van der Waals surface area (Å²) < 4.78 is 13.9. The first kappa shape index (κ1) is 10.6. The molecule has 0 N–H and O–H groups in total. The third-order valence-electron chi connectivity index (χ3n) is 2.07. The van der Waals surface area contributed by atoms with Gasteiger partial charge in [-0.3, -0.25) is 4.68 Å². The number of aryl methyl sites for hydroxylation is 1. The Morgan fingerprint density at radius 1 is 1.53 bits per heavy atom. The van der Waals surface area contributed by atoms with Crippen LogP contribution in [0.3, 0.4) is 0 Å². The molecular weight excluding hydrogens is 235 g/mol. The Labute approximate surface area is 96.3 Å². The molecule has 0 amide bonds. The predicted octanol–water partition coefficient (Wildman–Crippen LogP) is 3.32. The number of thiophene rings is 1. The van der Waals surface area contributed by atoms with Gasteiger partial charge in [-0.25, -0.2) is 4.39 Å². The Bertz CT molecular complexity index is 425. The van der Waals surface area contributed by atoms with Crippen LogP contribution in [-0.4, -0.2) is 16.5 Å². The van der Waals surface area contributed by atoms with Crippen LogP contribution in [0.15, 0.2) is 23.6 Å². The van der Waals surface area contributed by atoms with Gasteiger partial charge in [-0.15, -0.1) is 22.9 Å². The molecule has 2 nitrogen and oxygen atoms in total. The van der Waals surface area contributed by atoms with E-state index in [1.807, 2.05) is 23.6 Å². The lowest BCUT2D eigenvalue weighted by molar-refractivity contribution is 0.423. The highest BCUT2D eigenvalue weighted by Gasteiger charge is 2.08. The number of hydrogen-bond acceptors (Lipinski definition) is 2. The first-order valence-electron chi connectivity index (χ1n) is 4.57. The molecule has 0 saturated carbocycles.